The fourth-order valence-electron chi connectivity index (χ4n) is 2.71. The van der Waals surface area contributed by atoms with Gasteiger partial charge in [0, 0.05) is 0 Å². The van der Waals surface area contributed by atoms with E-state index in [2.05, 4.69) is 19.1 Å². The highest BCUT2D eigenvalue weighted by molar-refractivity contribution is 5.71. The first-order chi connectivity index (χ1) is 6.18. The molecule has 2 nitrogen and oxygen atoms in total. The monoisotopic (exact) mass is 180 g/mol. The zero-order chi connectivity index (χ0) is 9.47. The number of hydrogen-bond acceptors (Lipinski definition) is 2. The topological polar surface area (TPSA) is 26.3 Å². The van der Waals surface area contributed by atoms with Crippen LogP contribution in [0.2, 0.25) is 0 Å². The average molecular weight is 180 g/mol. The number of allylic oxidation sites excluding steroid dienone is 2. The van der Waals surface area contributed by atoms with Crippen LogP contribution in [-0.4, -0.2) is 13.1 Å². The fourth-order valence-corrected chi connectivity index (χ4v) is 2.71. The molecular weight excluding hydrogens is 164 g/mol. The van der Waals surface area contributed by atoms with Crippen LogP contribution in [0.3, 0.4) is 0 Å². The van der Waals surface area contributed by atoms with E-state index in [0.717, 1.165) is 5.92 Å². The molecule has 72 valence electrons. The largest absolute Gasteiger partial charge is 0.469 e. The van der Waals surface area contributed by atoms with Crippen LogP contribution in [-0.2, 0) is 9.53 Å². The fraction of sp³-hybridized carbons (Fsp3) is 0.727. The summed E-state index contributed by atoms with van der Waals surface area (Å²) in [5, 5.41) is 0. The summed E-state index contributed by atoms with van der Waals surface area (Å²) in [6.45, 7) is 2.20. The number of hydrogen-bond donors (Lipinski definition) is 0. The van der Waals surface area contributed by atoms with Crippen molar-refractivity contribution in [2.75, 3.05) is 7.11 Å². The Morgan fingerprint density at radius 2 is 2.46 bits per heavy atom. The molecule has 2 aliphatic carbocycles. The third kappa shape index (κ3) is 1.28. The molecule has 0 heterocycles. The van der Waals surface area contributed by atoms with Crippen LogP contribution >= 0.6 is 0 Å². The van der Waals surface area contributed by atoms with E-state index in [9.17, 15) is 4.79 Å². The van der Waals surface area contributed by atoms with Crippen molar-refractivity contribution in [1.29, 1.82) is 0 Å². The van der Waals surface area contributed by atoms with Crippen molar-refractivity contribution in [3.05, 3.63) is 12.2 Å². The van der Waals surface area contributed by atoms with Gasteiger partial charge in [0.15, 0.2) is 0 Å². The minimum absolute atomic E-state index is 0.0645. The van der Waals surface area contributed by atoms with Gasteiger partial charge in [0.2, 0.25) is 0 Å². The summed E-state index contributed by atoms with van der Waals surface area (Å²) < 4.78 is 4.71. The summed E-state index contributed by atoms with van der Waals surface area (Å²) in [7, 11) is 1.47. The lowest BCUT2D eigenvalue weighted by atomic mass is 10.00. The molecule has 0 bridgehead atoms. The lowest BCUT2D eigenvalue weighted by Gasteiger charge is -2.08. The standard InChI is InChI=1S/C11H16O2/c1-11(7-10(12)13-2)8-5-3-4-6-9(8)11/h3,5,8-9H,4,6-7H2,1-2H3/t8-,9+,11-/m1/s1. The van der Waals surface area contributed by atoms with Gasteiger partial charge in [-0.25, -0.2) is 0 Å². The molecule has 0 aromatic rings. The summed E-state index contributed by atoms with van der Waals surface area (Å²) in [6, 6.07) is 0. The first-order valence-corrected chi connectivity index (χ1v) is 4.92. The molecule has 0 radical (unpaired) electrons. The van der Waals surface area contributed by atoms with Gasteiger partial charge in [0.1, 0.15) is 0 Å². The summed E-state index contributed by atoms with van der Waals surface area (Å²) in [6.07, 6.45) is 7.52. The second-order valence-corrected chi connectivity index (χ2v) is 4.40. The third-order valence-corrected chi connectivity index (χ3v) is 3.67. The Labute approximate surface area is 79.0 Å². The molecule has 3 atom stereocenters. The Hall–Kier alpha value is -0.790. The van der Waals surface area contributed by atoms with Gasteiger partial charge >= 0.3 is 5.97 Å². The average Bonchev–Trinajstić information content (AvgIpc) is 2.73. The van der Waals surface area contributed by atoms with Crippen molar-refractivity contribution >= 4 is 5.97 Å². The third-order valence-electron chi connectivity index (χ3n) is 3.67. The Morgan fingerprint density at radius 1 is 1.69 bits per heavy atom. The molecule has 0 aromatic heterocycles. The summed E-state index contributed by atoms with van der Waals surface area (Å²) in [4.78, 5) is 11.2. The molecule has 0 amide bonds. The van der Waals surface area contributed by atoms with Gasteiger partial charge in [-0.2, -0.15) is 0 Å². The molecule has 1 saturated carbocycles. The first-order valence-electron chi connectivity index (χ1n) is 4.92. The van der Waals surface area contributed by atoms with Crippen molar-refractivity contribution in [2.45, 2.75) is 26.2 Å². The van der Waals surface area contributed by atoms with Gasteiger partial charge in [-0.1, -0.05) is 19.1 Å². The number of ether oxygens (including phenoxy) is 1. The van der Waals surface area contributed by atoms with E-state index in [-0.39, 0.29) is 11.4 Å². The summed E-state index contributed by atoms with van der Waals surface area (Å²) in [5.41, 5.74) is 0.208. The highest BCUT2D eigenvalue weighted by Crippen LogP contribution is 2.65. The molecule has 0 N–H and O–H groups in total. The number of methoxy groups -OCH3 is 1. The van der Waals surface area contributed by atoms with Crippen LogP contribution < -0.4 is 0 Å². The predicted octanol–water partition coefficient (Wildman–Crippen LogP) is 2.15. The van der Waals surface area contributed by atoms with Gasteiger partial charge in [-0.15, -0.1) is 0 Å². The van der Waals surface area contributed by atoms with Crippen molar-refractivity contribution in [3.8, 4) is 0 Å². The Morgan fingerprint density at radius 3 is 3.00 bits per heavy atom. The molecule has 13 heavy (non-hydrogen) atoms. The highest BCUT2D eigenvalue weighted by Gasteiger charge is 2.60. The number of rotatable bonds is 2. The molecule has 2 rings (SSSR count). The minimum atomic E-state index is -0.0645. The van der Waals surface area contributed by atoms with Crippen molar-refractivity contribution < 1.29 is 9.53 Å². The molecule has 0 spiro atoms. The zero-order valence-corrected chi connectivity index (χ0v) is 8.25. The van der Waals surface area contributed by atoms with Gasteiger partial charge in [-0.05, 0) is 30.1 Å². The number of carbonyl (C=O) groups excluding carboxylic acids is 1. The van der Waals surface area contributed by atoms with Crippen LogP contribution in [0.5, 0.6) is 0 Å². The maximum absolute atomic E-state index is 11.2. The zero-order valence-electron chi connectivity index (χ0n) is 8.25. The molecule has 2 heteroatoms. The SMILES string of the molecule is COC(=O)C[C@]1(C)[C@@H]2C=CCC[C@@H]21. The van der Waals surface area contributed by atoms with Crippen LogP contribution in [0.4, 0.5) is 0 Å². The van der Waals surface area contributed by atoms with E-state index in [4.69, 9.17) is 4.74 Å². The van der Waals surface area contributed by atoms with E-state index in [1.807, 2.05) is 0 Å². The van der Waals surface area contributed by atoms with E-state index in [1.165, 1.54) is 20.0 Å². The number of carbonyl (C=O) groups is 1. The number of esters is 1. The Kier molecular flexibility index (Phi) is 1.94. The van der Waals surface area contributed by atoms with Gasteiger partial charge in [0.25, 0.3) is 0 Å². The first kappa shape index (κ1) is 8.79. The smallest absolute Gasteiger partial charge is 0.306 e. The van der Waals surface area contributed by atoms with Crippen molar-refractivity contribution in [2.24, 2.45) is 17.3 Å². The lowest BCUT2D eigenvalue weighted by Crippen LogP contribution is -2.10. The molecular formula is C11H16O2. The molecule has 0 aliphatic heterocycles. The Balaban J connectivity index is 2.01. The van der Waals surface area contributed by atoms with E-state index >= 15 is 0 Å². The van der Waals surface area contributed by atoms with Gasteiger partial charge < -0.3 is 4.74 Å². The lowest BCUT2D eigenvalue weighted by molar-refractivity contribution is -0.142. The minimum Gasteiger partial charge on any atom is -0.469 e. The molecule has 1 fully saturated rings. The van der Waals surface area contributed by atoms with E-state index in [1.54, 1.807) is 0 Å². The highest BCUT2D eigenvalue weighted by atomic mass is 16.5. The summed E-state index contributed by atoms with van der Waals surface area (Å²) >= 11 is 0. The van der Waals surface area contributed by atoms with E-state index < -0.39 is 0 Å². The second kappa shape index (κ2) is 2.86. The van der Waals surface area contributed by atoms with Crippen LogP contribution in [0, 0.1) is 17.3 Å². The van der Waals surface area contributed by atoms with Gasteiger partial charge in [-0.3, -0.25) is 4.79 Å². The molecule has 0 saturated heterocycles. The quantitative estimate of drug-likeness (QED) is 0.481. The molecule has 0 unspecified atom stereocenters. The second-order valence-electron chi connectivity index (χ2n) is 4.40. The van der Waals surface area contributed by atoms with Crippen molar-refractivity contribution in [1.82, 2.24) is 0 Å². The maximum Gasteiger partial charge on any atom is 0.306 e. The Bertz CT molecular complexity index is 257. The summed E-state index contributed by atoms with van der Waals surface area (Å²) in [5.74, 6) is 1.31. The van der Waals surface area contributed by atoms with Crippen LogP contribution in [0.25, 0.3) is 0 Å². The normalized spacial score (nSPS) is 41.1. The van der Waals surface area contributed by atoms with Crippen LogP contribution in [0.15, 0.2) is 12.2 Å². The molecule has 0 aromatic carbocycles. The van der Waals surface area contributed by atoms with Gasteiger partial charge in [0.05, 0.1) is 13.5 Å². The van der Waals surface area contributed by atoms with Crippen LogP contribution in [0.1, 0.15) is 26.2 Å². The van der Waals surface area contributed by atoms with Crippen molar-refractivity contribution in [3.63, 3.8) is 0 Å². The predicted molar refractivity (Wildman–Crippen MR) is 50.1 cm³/mol. The van der Waals surface area contributed by atoms with E-state index in [0.29, 0.717) is 12.3 Å². The number of fused-ring (bicyclic) bond motifs is 1. The molecule has 2 aliphatic rings. The maximum atomic E-state index is 11.2.